The fourth-order valence-corrected chi connectivity index (χ4v) is 3.28. The van der Waals surface area contributed by atoms with Crippen molar-refractivity contribution in [3.05, 3.63) is 23.1 Å². The SMILES string of the molecule is O[C@@H]1CCCC[C@H]1SCc1ccc(Cl)o1. The molecular weight excluding hydrogens is 232 g/mol. The third-order valence-electron chi connectivity index (χ3n) is 2.74. The Morgan fingerprint density at radius 2 is 2.20 bits per heavy atom. The number of hydrogen-bond donors (Lipinski definition) is 1. The highest BCUT2D eigenvalue weighted by Gasteiger charge is 2.23. The van der Waals surface area contributed by atoms with E-state index in [0.717, 1.165) is 30.8 Å². The summed E-state index contributed by atoms with van der Waals surface area (Å²) in [6.07, 6.45) is 4.30. The fraction of sp³-hybridized carbons (Fsp3) is 0.636. The number of hydrogen-bond acceptors (Lipinski definition) is 3. The average molecular weight is 247 g/mol. The zero-order valence-electron chi connectivity index (χ0n) is 8.49. The molecule has 0 amide bonds. The zero-order chi connectivity index (χ0) is 10.7. The van der Waals surface area contributed by atoms with Gasteiger partial charge in [0, 0.05) is 5.25 Å². The standard InChI is InChI=1S/C11H15ClO2S/c12-11-6-5-8(14-11)7-15-10-4-2-1-3-9(10)13/h5-6,9-10,13H,1-4,7H2/t9-,10-/m1/s1. The van der Waals surface area contributed by atoms with E-state index in [1.54, 1.807) is 17.8 Å². The van der Waals surface area contributed by atoms with Gasteiger partial charge < -0.3 is 9.52 Å². The molecule has 0 aliphatic heterocycles. The van der Waals surface area contributed by atoms with Gasteiger partial charge in [-0.15, -0.1) is 11.8 Å². The van der Waals surface area contributed by atoms with E-state index >= 15 is 0 Å². The minimum absolute atomic E-state index is 0.144. The van der Waals surface area contributed by atoms with Crippen LogP contribution in [0.25, 0.3) is 0 Å². The van der Waals surface area contributed by atoms with Crippen LogP contribution in [0.1, 0.15) is 31.4 Å². The normalized spacial score (nSPS) is 26.8. The van der Waals surface area contributed by atoms with E-state index in [2.05, 4.69) is 0 Å². The van der Waals surface area contributed by atoms with Gasteiger partial charge in [0.2, 0.25) is 0 Å². The third-order valence-corrected chi connectivity index (χ3v) is 4.37. The van der Waals surface area contributed by atoms with E-state index in [4.69, 9.17) is 16.0 Å². The molecule has 4 heteroatoms. The molecule has 0 saturated heterocycles. The van der Waals surface area contributed by atoms with Crippen LogP contribution in [0.15, 0.2) is 16.5 Å². The largest absolute Gasteiger partial charge is 0.449 e. The predicted molar refractivity (Wildman–Crippen MR) is 63.3 cm³/mol. The van der Waals surface area contributed by atoms with Gasteiger partial charge in [0.25, 0.3) is 0 Å². The van der Waals surface area contributed by atoms with Crippen LogP contribution >= 0.6 is 23.4 Å². The van der Waals surface area contributed by atoms with Crippen LogP contribution in [0.2, 0.25) is 5.22 Å². The minimum Gasteiger partial charge on any atom is -0.449 e. The lowest BCUT2D eigenvalue weighted by Crippen LogP contribution is -2.26. The maximum atomic E-state index is 9.77. The smallest absolute Gasteiger partial charge is 0.193 e. The van der Waals surface area contributed by atoms with Crippen molar-refractivity contribution in [2.45, 2.75) is 42.8 Å². The number of thioether (sulfide) groups is 1. The van der Waals surface area contributed by atoms with Crippen molar-refractivity contribution in [1.29, 1.82) is 0 Å². The van der Waals surface area contributed by atoms with Crippen molar-refractivity contribution in [2.24, 2.45) is 0 Å². The topological polar surface area (TPSA) is 33.4 Å². The van der Waals surface area contributed by atoms with Crippen LogP contribution in [-0.2, 0) is 5.75 Å². The van der Waals surface area contributed by atoms with E-state index in [0.29, 0.717) is 10.5 Å². The molecule has 0 spiro atoms. The monoisotopic (exact) mass is 246 g/mol. The van der Waals surface area contributed by atoms with Crippen molar-refractivity contribution in [1.82, 2.24) is 0 Å². The maximum absolute atomic E-state index is 9.77. The van der Waals surface area contributed by atoms with Gasteiger partial charge in [-0.3, -0.25) is 0 Å². The summed E-state index contributed by atoms with van der Waals surface area (Å²) in [6, 6.07) is 3.65. The summed E-state index contributed by atoms with van der Waals surface area (Å²) in [5.41, 5.74) is 0. The molecule has 1 aliphatic carbocycles. The van der Waals surface area contributed by atoms with E-state index in [1.165, 1.54) is 6.42 Å². The second-order valence-corrected chi connectivity index (χ2v) is 5.51. The Morgan fingerprint density at radius 3 is 2.87 bits per heavy atom. The minimum atomic E-state index is -0.144. The van der Waals surface area contributed by atoms with E-state index in [9.17, 15) is 5.11 Å². The van der Waals surface area contributed by atoms with Crippen molar-refractivity contribution in [2.75, 3.05) is 0 Å². The summed E-state index contributed by atoms with van der Waals surface area (Å²) >= 11 is 7.45. The first-order valence-electron chi connectivity index (χ1n) is 5.29. The first-order chi connectivity index (χ1) is 7.25. The van der Waals surface area contributed by atoms with Crippen LogP contribution < -0.4 is 0 Å². The predicted octanol–water partition coefficient (Wildman–Crippen LogP) is 3.47. The van der Waals surface area contributed by atoms with E-state index < -0.39 is 0 Å². The number of aliphatic hydroxyl groups excluding tert-OH is 1. The summed E-state index contributed by atoms with van der Waals surface area (Å²) in [4.78, 5) is 0. The molecule has 84 valence electrons. The molecule has 1 fully saturated rings. The Bertz CT molecular complexity index is 313. The second-order valence-electron chi connectivity index (χ2n) is 3.91. The van der Waals surface area contributed by atoms with Gasteiger partial charge in [-0.2, -0.15) is 0 Å². The molecule has 0 bridgehead atoms. The summed E-state index contributed by atoms with van der Waals surface area (Å²) in [7, 11) is 0. The molecule has 1 saturated carbocycles. The summed E-state index contributed by atoms with van der Waals surface area (Å²) in [5.74, 6) is 1.69. The quantitative estimate of drug-likeness (QED) is 0.887. The van der Waals surface area contributed by atoms with Gasteiger partial charge in [-0.25, -0.2) is 0 Å². The van der Waals surface area contributed by atoms with Crippen molar-refractivity contribution >= 4 is 23.4 Å². The first-order valence-corrected chi connectivity index (χ1v) is 6.72. The molecule has 15 heavy (non-hydrogen) atoms. The summed E-state index contributed by atoms with van der Waals surface area (Å²) in [5, 5.41) is 10.6. The molecule has 2 atom stereocenters. The number of aliphatic hydroxyl groups is 1. The van der Waals surface area contributed by atoms with Crippen LogP contribution in [0.4, 0.5) is 0 Å². The molecule has 1 N–H and O–H groups in total. The van der Waals surface area contributed by atoms with Gasteiger partial charge in [0.05, 0.1) is 11.9 Å². The lowest BCUT2D eigenvalue weighted by atomic mass is 9.97. The number of rotatable bonds is 3. The first kappa shape index (κ1) is 11.4. The average Bonchev–Trinajstić information content (AvgIpc) is 2.63. The van der Waals surface area contributed by atoms with Gasteiger partial charge in [-0.05, 0) is 36.6 Å². The molecule has 0 unspecified atom stereocenters. The molecule has 1 aromatic heterocycles. The van der Waals surface area contributed by atoms with Crippen molar-refractivity contribution in [3.8, 4) is 0 Å². The Labute approximate surface area is 99.0 Å². The van der Waals surface area contributed by atoms with Gasteiger partial charge in [-0.1, -0.05) is 12.8 Å². The Morgan fingerprint density at radius 1 is 1.40 bits per heavy atom. The molecule has 1 aromatic rings. The Kier molecular flexibility index (Phi) is 4.00. The van der Waals surface area contributed by atoms with Crippen LogP contribution in [0, 0.1) is 0 Å². The molecular formula is C11H15ClO2S. The third kappa shape index (κ3) is 3.16. The van der Waals surface area contributed by atoms with Crippen LogP contribution in [-0.4, -0.2) is 16.5 Å². The highest BCUT2D eigenvalue weighted by molar-refractivity contribution is 7.99. The lowest BCUT2D eigenvalue weighted by Gasteiger charge is -2.26. The molecule has 1 aliphatic rings. The van der Waals surface area contributed by atoms with E-state index in [1.807, 2.05) is 6.07 Å². The summed E-state index contributed by atoms with van der Waals surface area (Å²) in [6.45, 7) is 0. The molecule has 0 aromatic carbocycles. The zero-order valence-corrected chi connectivity index (χ0v) is 10.1. The van der Waals surface area contributed by atoms with Crippen LogP contribution in [0.3, 0.4) is 0 Å². The maximum Gasteiger partial charge on any atom is 0.193 e. The second kappa shape index (κ2) is 5.28. The summed E-state index contributed by atoms with van der Waals surface area (Å²) < 4.78 is 5.27. The van der Waals surface area contributed by atoms with Gasteiger partial charge >= 0.3 is 0 Å². The Hall–Kier alpha value is -0.120. The lowest BCUT2D eigenvalue weighted by molar-refractivity contribution is 0.137. The fourth-order valence-electron chi connectivity index (χ4n) is 1.89. The Balaban J connectivity index is 1.81. The van der Waals surface area contributed by atoms with E-state index in [-0.39, 0.29) is 6.10 Å². The molecule has 0 radical (unpaired) electrons. The molecule has 2 nitrogen and oxygen atoms in total. The van der Waals surface area contributed by atoms with Gasteiger partial charge in [0.15, 0.2) is 5.22 Å². The molecule has 2 rings (SSSR count). The van der Waals surface area contributed by atoms with Crippen molar-refractivity contribution < 1.29 is 9.52 Å². The van der Waals surface area contributed by atoms with Crippen molar-refractivity contribution in [3.63, 3.8) is 0 Å². The number of halogens is 1. The van der Waals surface area contributed by atoms with Gasteiger partial charge in [0.1, 0.15) is 5.76 Å². The molecule has 1 heterocycles. The number of furan rings is 1. The highest BCUT2D eigenvalue weighted by atomic mass is 35.5. The highest BCUT2D eigenvalue weighted by Crippen LogP contribution is 2.31. The van der Waals surface area contributed by atoms with Crippen LogP contribution in [0.5, 0.6) is 0 Å².